The average Bonchev–Trinajstić information content (AvgIpc) is 2.48. The maximum Gasteiger partial charge on any atom is 0.408 e. The van der Waals surface area contributed by atoms with Gasteiger partial charge in [0.25, 0.3) is 0 Å². The Hall–Kier alpha value is -2.24. The van der Waals surface area contributed by atoms with E-state index >= 15 is 0 Å². The lowest BCUT2D eigenvalue weighted by Crippen LogP contribution is -2.34. The number of ketones is 1. The monoisotopic (exact) mass is 365 g/mol. The first-order valence-corrected chi connectivity index (χ1v) is 8.95. The first-order chi connectivity index (χ1) is 12.0. The Morgan fingerprint density at radius 2 is 1.73 bits per heavy atom. The normalized spacial score (nSPS) is 12.3. The van der Waals surface area contributed by atoms with Crippen LogP contribution in [0.2, 0.25) is 0 Å². The van der Waals surface area contributed by atoms with Crippen LogP contribution in [0.3, 0.4) is 0 Å². The van der Waals surface area contributed by atoms with Gasteiger partial charge in [0.2, 0.25) is 0 Å². The molecule has 1 N–H and O–H groups in total. The van der Waals surface area contributed by atoms with Gasteiger partial charge in [0.05, 0.1) is 19.3 Å². The predicted molar refractivity (Wildman–Crippen MR) is 101 cm³/mol. The van der Waals surface area contributed by atoms with Crippen LogP contribution in [0.4, 0.5) is 4.79 Å². The molecule has 26 heavy (non-hydrogen) atoms. The molecule has 1 rings (SSSR count). The molecule has 0 aliphatic carbocycles. The van der Waals surface area contributed by atoms with E-state index in [1.54, 1.807) is 6.07 Å². The van der Waals surface area contributed by atoms with Crippen molar-refractivity contribution >= 4 is 11.9 Å². The number of rotatable bonds is 7. The third kappa shape index (κ3) is 5.64. The molecule has 0 unspecified atom stereocenters. The molecule has 6 heteroatoms. The fraction of sp³-hybridized carbons (Fsp3) is 0.600. The van der Waals surface area contributed by atoms with Crippen LogP contribution in [0.15, 0.2) is 6.07 Å². The minimum absolute atomic E-state index is 0.126. The van der Waals surface area contributed by atoms with Crippen LogP contribution in [-0.2, 0) is 4.74 Å². The summed E-state index contributed by atoms with van der Waals surface area (Å²) in [5.74, 6) is 0.833. The molecule has 0 bridgehead atoms. The fourth-order valence-corrected chi connectivity index (χ4v) is 2.69. The molecule has 1 aromatic carbocycles. The molecule has 0 heterocycles. The average molecular weight is 365 g/mol. The lowest BCUT2D eigenvalue weighted by molar-refractivity contribution is 0.0507. The van der Waals surface area contributed by atoms with Crippen LogP contribution in [-0.4, -0.2) is 30.7 Å². The number of hydrogen-bond donors (Lipinski definition) is 1. The molecule has 1 amide bonds. The number of nitrogens with one attached hydrogen (secondary N) is 1. The van der Waals surface area contributed by atoms with E-state index in [0.29, 0.717) is 30.3 Å². The maximum atomic E-state index is 12.2. The SMILES string of the molecule is CCOc1cc([C@@H](C)NC(=O)OC(C)(C)C)c(C)c(OCC)c1C(C)=O. The quantitative estimate of drug-likeness (QED) is 0.716. The minimum atomic E-state index is -0.579. The molecule has 0 saturated heterocycles. The summed E-state index contributed by atoms with van der Waals surface area (Å²) >= 11 is 0. The van der Waals surface area contributed by atoms with E-state index in [1.807, 2.05) is 48.5 Å². The van der Waals surface area contributed by atoms with Gasteiger partial charge >= 0.3 is 6.09 Å². The number of alkyl carbamates (subject to hydrolysis) is 1. The standard InChI is InChI=1S/C20H31NO5/c1-9-24-16-11-15(13(4)21-19(23)26-20(6,7)8)12(3)18(25-10-2)17(16)14(5)22/h11,13H,9-10H2,1-8H3,(H,21,23)/t13-/m1/s1. The van der Waals surface area contributed by atoms with E-state index in [1.165, 1.54) is 6.92 Å². The van der Waals surface area contributed by atoms with Crippen molar-refractivity contribution in [3.05, 3.63) is 22.8 Å². The van der Waals surface area contributed by atoms with E-state index in [0.717, 1.165) is 11.1 Å². The number of Topliss-reactive ketones (excluding diaryl/α,β-unsaturated/α-hetero) is 1. The molecular weight excluding hydrogens is 334 g/mol. The van der Waals surface area contributed by atoms with Gasteiger partial charge in [0.1, 0.15) is 22.7 Å². The van der Waals surface area contributed by atoms with Gasteiger partial charge in [0.15, 0.2) is 5.78 Å². The maximum absolute atomic E-state index is 12.2. The number of carbonyl (C=O) groups excluding carboxylic acids is 2. The largest absolute Gasteiger partial charge is 0.493 e. The van der Waals surface area contributed by atoms with Crippen molar-refractivity contribution in [2.24, 2.45) is 0 Å². The molecule has 1 atom stereocenters. The Balaban J connectivity index is 3.33. The van der Waals surface area contributed by atoms with Crippen molar-refractivity contribution in [3.8, 4) is 11.5 Å². The van der Waals surface area contributed by atoms with E-state index in [2.05, 4.69) is 5.32 Å². The van der Waals surface area contributed by atoms with Gasteiger partial charge in [0, 0.05) is 0 Å². The molecule has 0 saturated carbocycles. The lowest BCUT2D eigenvalue weighted by Gasteiger charge is -2.25. The number of hydrogen-bond acceptors (Lipinski definition) is 5. The highest BCUT2D eigenvalue weighted by Crippen LogP contribution is 2.38. The third-order valence-electron chi connectivity index (χ3n) is 3.67. The van der Waals surface area contributed by atoms with Crippen LogP contribution < -0.4 is 14.8 Å². The molecule has 0 fully saturated rings. The summed E-state index contributed by atoms with van der Waals surface area (Å²) in [6, 6.07) is 1.45. The molecule has 146 valence electrons. The van der Waals surface area contributed by atoms with Crippen LogP contribution in [0.25, 0.3) is 0 Å². The Labute approximate surface area is 156 Å². The molecule has 6 nitrogen and oxygen atoms in total. The summed E-state index contributed by atoms with van der Waals surface area (Å²) in [5, 5.41) is 2.82. The highest BCUT2D eigenvalue weighted by molar-refractivity contribution is 6.00. The topological polar surface area (TPSA) is 73.9 Å². The van der Waals surface area contributed by atoms with E-state index in [4.69, 9.17) is 14.2 Å². The summed E-state index contributed by atoms with van der Waals surface area (Å²) in [5.41, 5.74) is 1.46. The van der Waals surface area contributed by atoms with Crippen molar-refractivity contribution < 1.29 is 23.8 Å². The Morgan fingerprint density at radius 1 is 1.15 bits per heavy atom. The molecule has 0 aliphatic heterocycles. The first-order valence-electron chi connectivity index (χ1n) is 8.95. The van der Waals surface area contributed by atoms with Gasteiger partial charge < -0.3 is 19.5 Å². The predicted octanol–water partition coefficient (Wildman–Crippen LogP) is 4.58. The molecular formula is C20H31NO5. The lowest BCUT2D eigenvalue weighted by atomic mass is 9.95. The van der Waals surface area contributed by atoms with Crippen molar-refractivity contribution in [1.82, 2.24) is 5.32 Å². The summed E-state index contributed by atoms with van der Waals surface area (Å²) in [6.07, 6.45) is -0.504. The smallest absolute Gasteiger partial charge is 0.408 e. The second-order valence-electron chi connectivity index (χ2n) is 7.08. The highest BCUT2D eigenvalue weighted by atomic mass is 16.6. The van der Waals surface area contributed by atoms with Gasteiger partial charge in [-0.25, -0.2) is 4.79 Å². The van der Waals surface area contributed by atoms with Crippen molar-refractivity contribution in [2.45, 2.75) is 67.0 Å². The Kier molecular flexibility index (Phi) is 7.48. The van der Waals surface area contributed by atoms with Gasteiger partial charge in [-0.1, -0.05) is 0 Å². The van der Waals surface area contributed by atoms with Gasteiger partial charge in [-0.2, -0.15) is 0 Å². The summed E-state index contributed by atoms with van der Waals surface area (Å²) in [4.78, 5) is 24.3. The highest BCUT2D eigenvalue weighted by Gasteiger charge is 2.25. The van der Waals surface area contributed by atoms with Crippen molar-refractivity contribution in [1.29, 1.82) is 0 Å². The van der Waals surface area contributed by atoms with Crippen molar-refractivity contribution in [2.75, 3.05) is 13.2 Å². The number of amides is 1. The number of benzene rings is 1. The van der Waals surface area contributed by atoms with Gasteiger partial charge in [-0.3, -0.25) is 4.79 Å². The molecule has 0 aromatic heterocycles. The second kappa shape index (κ2) is 8.92. The van der Waals surface area contributed by atoms with Crippen LogP contribution >= 0.6 is 0 Å². The number of ether oxygens (including phenoxy) is 3. The second-order valence-corrected chi connectivity index (χ2v) is 7.08. The van der Waals surface area contributed by atoms with Crippen molar-refractivity contribution in [3.63, 3.8) is 0 Å². The summed E-state index contributed by atoms with van der Waals surface area (Å²) < 4.78 is 16.7. The van der Waals surface area contributed by atoms with E-state index < -0.39 is 11.7 Å². The van der Waals surface area contributed by atoms with Crippen LogP contribution in [0, 0.1) is 6.92 Å². The van der Waals surface area contributed by atoms with Crippen LogP contribution in [0.5, 0.6) is 11.5 Å². The third-order valence-corrected chi connectivity index (χ3v) is 3.67. The summed E-state index contributed by atoms with van der Waals surface area (Å²) in [6.45, 7) is 15.2. The Morgan fingerprint density at radius 3 is 2.19 bits per heavy atom. The van der Waals surface area contributed by atoms with E-state index in [-0.39, 0.29) is 11.8 Å². The molecule has 1 aromatic rings. The number of carbonyl (C=O) groups is 2. The van der Waals surface area contributed by atoms with Gasteiger partial charge in [-0.05, 0) is 72.6 Å². The molecule has 0 radical (unpaired) electrons. The zero-order valence-corrected chi connectivity index (χ0v) is 17.1. The molecule has 0 aliphatic rings. The minimum Gasteiger partial charge on any atom is -0.493 e. The van der Waals surface area contributed by atoms with E-state index in [9.17, 15) is 9.59 Å². The fourth-order valence-electron chi connectivity index (χ4n) is 2.69. The molecule has 0 spiro atoms. The Bertz CT molecular complexity index is 661. The zero-order valence-electron chi connectivity index (χ0n) is 17.1. The first kappa shape index (κ1) is 21.8. The van der Waals surface area contributed by atoms with Gasteiger partial charge in [-0.15, -0.1) is 0 Å². The zero-order chi connectivity index (χ0) is 20.1. The summed E-state index contributed by atoms with van der Waals surface area (Å²) in [7, 11) is 0. The van der Waals surface area contributed by atoms with Crippen LogP contribution in [0.1, 0.15) is 76.0 Å².